The molecule has 0 heterocycles. The second-order valence-electron chi connectivity index (χ2n) is 6.02. The Morgan fingerprint density at radius 1 is 1.25 bits per heavy atom. The number of carbonyl (C=O) groups is 2. The van der Waals surface area contributed by atoms with E-state index in [-0.39, 0.29) is 30.9 Å². The van der Waals surface area contributed by atoms with Gasteiger partial charge in [0.25, 0.3) is 0 Å². The van der Waals surface area contributed by atoms with Gasteiger partial charge in [-0.25, -0.2) is 0 Å². The van der Waals surface area contributed by atoms with E-state index in [9.17, 15) is 9.59 Å². The predicted molar refractivity (Wildman–Crippen MR) is 95.4 cm³/mol. The number of ether oxygens (including phenoxy) is 1. The monoisotopic (exact) mass is 355 g/mol. The van der Waals surface area contributed by atoms with Gasteiger partial charge in [-0.2, -0.15) is 0 Å². The highest BCUT2D eigenvalue weighted by molar-refractivity contribution is 6.30. The lowest BCUT2D eigenvalue weighted by Gasteiger charge is -2.22. The second kappa shape index (κ2) is 10.2. The van der Waals surface area contributed by atoms with E-state index in [1.807, 2.05) is 26.0 Å². The van der Waals surface area contributed by atoms with E-state index in [4.69, 9.17) is 16.3 Å². The van der Waals surface area contributed by atoms with Crippen molar-refractivity contribution >= 4 is 23.4 Å². The fourth-order valence-electron chi connectivity index (χ4n) is 2.00. The van der Waals surface area contributed by atoms with Crippen molar-refractivity contribution in [3.8, 4) is 5.75 Å². The number of halogens is 1. The molecule has 0 atom stereocenters. The number of nitrogens with one attached hydrogen (secondary N) is 1. The second-order valence-corrected chi connectivity index (χ2v) is 6.45. The molecule has 134 valence electrons. The van der Waals surface area contributed by atoms with Crippen molar-refractivity contribution < 1.29 is 14.3 Å². The summed E-state index contributed by atoms with van der Waals surface area (Å²) in [7, 11) is 3.46. The molecule has 0 fully saturated rings. The molecule has 1 aromatic carbocycles. The Labute approximate surface area is 148 Å². The Hall–Kier alpha value is -1.79. The molecule has 1 rings (SSSR count). The zero-order valence-corrected chi connectivity index (χ0v) is 15.5. The van der Waals surface area contributed by atoms with Crippen LogP contribution in [0.15, 0.2) is 24.3 Å². The molecule has 0 aliphatic heterocycles. The van der Waals surface area contributed by atoms with E-state index in [2.05, 4.69) is 5.32 Å². The van der Waals surface area contributed by atoms with Crippen LogP contribution in [0.1, 0.15) is 13.8 Å². The lowest BCUT2D eigenvalue weighted by atomic mass is 10.3. The molecule has 6 nitrogen and oxygen atoms in total. The van der Waals surface area contributed by atoms with E-state index in [1.165, 1.54) is 0 Å². The highest BCUT2D eigenvalue weighted by atomic mass is 35.5. The molecule has 0 aliphatic rings. The third-order valence-corrected chi connectivity index (χ3v) is 3.42. The predicted octanol–water partition coefficient (Wildman–Crippen LogP) is 1.63. The van der Waals surface area contributed by atoms with Gasteiger partial charge in [0.1, 0.15) is 12.4 Å². The van der Waals surface area contributed by atoms with Gasteiger partial charge in [0, 0.05) is 18.1 Å². The molecule has 7 heteroatoms. The zero-order chi connectivity index (χ0) is 18.1. The molecule has 0 radical (unpaired) electrons. The lowest BCUT2D eigenvalue weighted by molar-refractivity contribution is -0.131. The topological polar surface area (TPSA) is 61.9 Å². The fraction of sp³-hybridized carbons (Fsp3) is 0.529. The van der Waals surface area contributed by atoms with E-state index in [1.54, 1.807) is 36.0 Å². The first-order chi connectivity index (χ1) is 11.3. The van der Waals surface area contributed by atoms with Crippen LogP contribution in [0, 0.1) is 0 Å². The Kier molecular flexibility index (Phi) is 8.57. The lowest BCUT2D eigenvalue weighted by Crippen LogP contribution is -2.43. The quantitative estimate of drug-likeness (QED) is 0.731. The van der Waals surface area contributed by atoms with Gasteiger partial charge in [-0.15, -0.1) is 0 Å². The van der Waals surface area contributed by atoms with Crippen molar-refractivity contribution in [2.24, 2.45) is 0 Å². The molecule has 0 bridgehead atoms. The summed E-state index contributed by atoms with van der Waals surface area (Å²) in [5, 5.41) is 3.41. The summed E-state index contributed by atoms with van der Waals surface area (Å²) >= 11 is 5.88. The van der Waals surface area contributed by atoms with Gasteiger partial charge < -0.3 is 15.0 Å². The van der Waals surface area contributed by atoms with E-state index >= 15 is 0 Å². The highest BCUT2D eigenvalue weighted by Gasteiger charge is 2.14. The first kappa shape index (κ1) is 20.3. The number of carbonyl (C=O) groups excluding carboxylic acids is 2. The van der Waals surface area contributed by atoms with Crippen LogP contribution >= 0.6 is 11.6 Å². The van der Waals surface area contributed by atoms with E-state index in [0.29, 0.717) is 23.9 Å². The number of rotatable bonds is 9. The number of hydrogen-bond acceptors (Lipinski definition) is 4. The number of amides is 2. The van der Waals surface area contributed by atoms with Crippen LogP contribution in [0.5, 0.6) is 5.75 Å². The molecular weight excluding hydrogens is 330 g/mol. The van der Waals surface area contributed by atoms with Gasteiger partial charge in [0.2, 0.25) is 11.8 Å². The van der Waals surface area contributed by atoms with Crippen molar-refractivity contribution in [2.45, 2.75) is 19.9 Å². The first-order valence-electron chi connectivity index (χ1n) is 7.88. The van der Waals surface area contributed by atoms with Crippen LogP contribution < -0.4 is 10.1 Å². The minimum atomic E-state index is -0.0905. The number of likely N-dealkylation sites (N-methyl/N-ethyl adjacent to an activating group) is 2. The van der Waals surface area contributed by atoms with Gasteiger partial charge in [-0.3, -0.25) is 14.5 Å². The van der Waals surface area contributed by atoms with Crippen molar-refractivity contribution in [1.29, 1.82) is 0 Å². The van der Waals surface area contributed by atoms with Gasteiger partial charge in [0.15, 0.2) is 0 Å². The summed E-state index contributed by atoms with van der Waals surface area (Å²) in [4.78, 5) is 27.1. The summed E-state index contributed by atoms with van der Waals surface area (Å²) in [6.45, 7) is 5.00. The van der Waals surface area contributed by atoms with Crippen LogP contribution in [0.3, 0.4) is 0 Å². The molecule has 2 amide bonds. The summed E-state index contributed by atoms with van der Waals surface area (Å²) in [5.41, 5.74) is 0. The normalized spacial score (nSPS) is 10.8. The maximum Gasteiger partial charge on any atom is 0.236 e. The highest BCUT2D eigenvalue weighted by Crippen LogP contribution is 2.16. The van der Waals surface area contributed by atoms with Gasteiger partial charge >= 0.3 is 0 Å². The SMILES string of the molecule is CC(C)NC(=O)CN(C)CC(=O)N(C)CCOc1cccc(Cl)c1. The van der Waals surface area contributed by atoms with E-state index in [0.717, 1.165) is 0 Å². The summed E-state index contributed by atoms with van der Waals surface area (Å²) in [5.74, 6) is 0.516. The zero-order valence-electron chi connectivity index (χ0n) is 14.7. The fourth-order valence-corrected chi connectivity index (χ4v) is 2.18. The van der Waals surface area contributed by atoms with Gasteiger partial charge in [-0.05, 0) is 39.1 Å². The molecule has 0 aliphatic carbocycles. The smallest absolute Gasteiger partial charge is 0.236 e. The number of benzene rings is 1. The van der Waals surface area contributed by atoms with Gasteiger partial charge in [-0.1, -0.05) is 17.7 Å². The van der Waals surface area contributed by atoms with Crippen molar-refractivity contribution in [1.82, 2.24) is 15.1 Å². The van der Waals surface area contributed by atoms with Crippen molar-refractivity contribution in [2.75, 3.05) is 40.3 Å². The summed E-state index contributed by atoms with van der Waals surface area (Å²) < 4.78 is 5.56. The molecule has 24 heavy (non-hydrogen) atoms. The molecule has 0 aromatic heterocycles. The molecule has 0 saturated heterocycles. The van der Waals surface area contributed by atoms with Crippen LogP contribution in [0.4, 0.5) is 0 Å². The molecular formula is C17H26ClN3O3. The largest absolute Gasteiger partial charge is 0.492 e. The summed E-state index contributed by atoms with van der Waals surface area (Å²) in [6.07, 6.45) is 0. The minimum absolute atomic E-state index is 0.0652. The van der Waals surface area contributed by atoms with Crippen molar-refractivity contribution in [3.05, 3.63) is 29.3 Å². The third kappa shape index (κ3) is 8.17. The first-order valence-corrected chi connectivity index (χ1v) is 8.26. The van der Waals surface area contributed by atoms with Crippen LogP contribution in [0.25, 0.3) is 0 Å². The minimum Gasteiger partial charge on any atom is -0.492 e. The van der Waals surface area contributed by atoms with Crippen LogP contribution in [-0.4, -0.2) is 68.0 Å². The standard InChI is InChI=1S/C17H26ClN3O3/c1-13(2)19-16(22)11-20(3)12-17(23)21(4)8-9-24-15-7-5-6-14(18)10-15/h5-7,10,13H,8-9,11-12H2,1-4H3,(H,19,22). The third-order valence-electron chi connectivity index (χ3n) is 3.19. The maximum atomic E-state index is 12.1. The number of nitrogens with zero attached hydrogens (tertiary/aromatic N) is 2. The van der Waals surface area contributed by atoms with Crippen LogP contribution in [0.2, 0.25) is 5.02 Å². The molecule has 1 aromatic rings. The molecule has 1 N–H and O–H groups in total. The molecule has 0 spiro atoms. The molecule has 0 unspecified atom stereocenters. The molecule has 0 saturated carbocycles. The summed E-state index contributed by atoms with van der Waals surface area (Å²) in [6, 6.07) is 7.21. The average molecular weight is 356 g/mol. The maximum absolute atomic E-state index is 12.1. The number of hydrogen-bond donors (Lipinski definition) is 1. The van der Waals surface area contributed by atoms with Crippen LogP contribution in [-0.2, 0) is 9.59 Å². The average Bonchev–Trinajstić information content (AvgIpc) is 2.45. The Morgan fingerprint density at radius 2 is 1.96 bits per heavy atom. The van der Waals surface area contributed by atoms with E-state index < -0.39 is 0 Å². The Balaban J connectivity index is 2.30. The van der Waals surface area contributed by atoms with Gasteiger partial charge in [0.05, 0.1) is 19.6 Å². The Morgan fingerprint density at radius 3 is 2.58 bits per heavy atom. The van der Waals surface area contributed by atoms with Crippen molar-refractivity contribution in [3.63, 3.8) is 0 Å². The Bertz CT molecular complexity index is 552.